The van der Waals surface area contributed by atoms with Crippen LogP contribution in [0.15, 0.2) is 24.5 Å². The van der Waals surface area contributed by atoms with Gasteiger partial charge in [-0.25, -0.2) is 9.67 Å². The van der Waals surface area contributed by atoms with Gasteiger partial charge in [-0.2, -0.15) is 18.3 Å². The van der Waals surface area contributed by atoms with Gasteiger partial charge in [-0.1, -0.05) is 0 Å². The molecule has 0 bridgehead atoms. The summed E-state index contributed by atoms with van der Waals surface area (Å²) < 4.78 is 39.5. The summed E-state index contributed by atoms with van der Waals surface area (Å²) in [5.74, 6) is -0.0524. The number of nitrogens with zero attached hydrogens (tertiary/aromatic N) is 5. The van der Waals surface area contributed by atoms with Crippen molar-refractivity contribution in [3.63, 3.8) is 0 Å². The molecular formula is C20H25F3N6O2. The summed E-state index contributed by atoms with van der Waals surface area (Å²) in [4.78, 5) is 32.3. The third-order valence-corrected chi connectivity index (χ3v) is 5.01. The van der Waals surface area contributed by atoms with E-state index in [4.69, 9.17) is 0 Å². The zero-order valence-corrected chi connectivity index (χ0v) is 17.6. The van der Waals surface area contributed by atoms with Gasteiger partial charge in [-0.3, -0.25) is 14.5 Å². The van der Waals surface area contributed by atoms with Crippen LogP contribution in [0.5, 0.6) is 0 Å². The second kappa shape index (κ2) is 9.04. The molecule has 11 heteroatoms. The van der Waals surface area contributed by atoms with Crippen molar-refractivity contribution in [2.45, 2.75) is 33.0 Å². The van der Waals surface area contributed by atoms with E-state index in [2.05, 4.69) is 15.4 Å². The topological polar surface area (TPSA) is 83.4 Å². The summed E-state index contributed by atoms with van der Waals surface area (Å²) in [6.45, 7) is 7.85. The molecule has 31 heavy (non-hydrogen) atoms. The summed E-state index contributed by atoms with van der Waals surface area (Å²) in [6.07, 6.45) is -2.32. The first kappa shape index (κ1) is 22.7. The number of nitrogens with one attached hydrogen (secondary N) is 1. The molecule has 2 aromatic heterocycles. The van der Waals surface area contributed by atoms with Crippen LogP contribution in [0.3, 0.4) is 0 Å². The van der Waals surface area contributed by atoms with Crippen LogP contribution in [-0.4, -0.2) is 75.1 Å². The van der Waals surface area contributed by atoms with Gasteiger partial charge < -0.3 is 10.2 Å². The molecule has 0 saturated carbocycles. The van der Waals surface area contributed by atoms with Crippen LogP contribution in [0.4, 0.5) is 13.2 Å². The molecule has 2 aromatic rings. The lowest BCUT2D eigenvalue weighted by atomic mass is 10.2. The Bertz CT molecular complexity index is 931. The molecule has 0 unspecified atom stereocenters. The number of amides is 2. The highest BCUT2D eigenvalue weighted by atomic mass is 19.4. The number of rotatable bonds is 5. The van der Waals surface area contributed by atoms with Crippen LogP contribution in [-0.2, 0) is 11.0 Å². The van der Waals surface area contributed by atoms with Gasteiger partial charge in [-0.05, 0) is 32.9 Å². The molecule has 0 atom stereocenters. The molecule has 1 N–H and O–H groups in total. The number of aromatic nitrogens is 3. The highest BCUT2D eigenvalue weighted by Crippen LogP contribution is 2.29. The predicted molar refractivity (Wildman–Crippen MR) is 107 cm³/mol. The Labute approximate surface area is 178 Å². The van der Waals surface area contributed by atoms with Crippen LogP contribution >= 0.6 is 0 Å². The maximum absolute atomic E-state index is 12.9. The highest BCUT2D eigenvalue weighted by molar-refractivity contribution is 5.95. The second-order valence-corrected chi connectivity index (χ2v) is 7.75. The molecule has 8 nitrogen and oxygen atoms in total. The first-order valence-corrected chi connectivity index (χ1v) is 9.95. The maximum atomic E-state index is 12.9. The second-order valence-electron chi connectivity index (χ2n) is 7.75. The zero-order valence-electron chi connectivity index (χ0n) is 17.6. The van der Waals surface area contributed by atoms with E-state index in [9.17, 15) is 22.8 Å². The summed E-state index contributed by atoms with van der Waals surface area (Å²) >= 11 is 0. The molecule has 0 spiro atoms. The Balaban J connectivity index is 1.64. The third kappa shape index (κ3) is 5.40. The number of hydrogen-bond acceptors (Lipinski definition) is 5. The van der Waals surface area contributed by atoms with Crippen molar-refractivity contribution >= 4 is 11.8 Å². The fraction of sp³-hybridized carbons (Fsp3) is 0.500. The Morgan fingerprint density at radius 1 is 1.13 bits per heavy atom. The maximum Gasteiger partial charge on any atom is 0.417 e. The standard InChI is InChI=1S/C20H25F3N6O2/c1-13(2)26-18(30)12-27-6-8-28(9-7-27)19(31)16-11-25-29(14(16)3)17-5-4-15(10-24-17)20(21,22)23/h4-5,10-11,13H,6-9,12H2,1-3H3,(H,26,30). The first-order valence-electron chi connectivity index (χ1n) is 9.95. The molecule has 2 amide bonds. The number of hydrogen-bond donors (Lipinski definition) is 1. The minimum absolute atomic E-state index is 0.0454. The quantitative estimate of drug-likeness (QED) is 0.771. The number of piperazine rings is 1. The van der Waals surface area contributed by atoms with Crippen molar-refractivity contribution in [1.82, 2.24) is 29.9 Å². The van der Waals surface area contributed by atoms with Crippen molar-refractivity contribution in [2.75, 3.05) is 32.7 Å². The molecule has 3 rings (SSSR count). The van der Waals surface area contributed by atoms with E-state index in [-0.39, 0.29) is 30.2 Å². The Morgan fingerprint density at radius 2 is 1.81 bits per heavy atom. The van der Waals surface area contributed by atoms with Crippen LogP contribution in [0.1, 0.15) is 35.5 Å². The smallest absolute Gasteiger partial charge is 0.353 e. The van der Waals surface area contributed by atoms with Gasteiger partial charge in [0.1, 0.15) is 0 Å². The van der Waals surface area contributed by atoms with E-state index >= 15 is 0 Å². The summed E-state index contributed by atoms with van der Waals surface area (Å²) in [5.41, 5.74) is 0.0148. The number of carbonyl (C=O) groups is 2. The average molecular weight is 438 g/mol. The normalized spacial score (nSPS) is 15.4. The minimum atomic E-state index is -4.47. The van der Waals surface area contributed by atoms with E-state index in [1.807, 2.05) is 18.7 Å². The van der Waals surface area contributed by atoms with E-state index in [0.29, 0.717) is 37.4 Å². The van der Waals surface area contributed by atoms with Crippen LogP contribution < -0.4 is 5.32 Å². The van der Waals surface area contributed by atoms with Gasteiger partial charge in [0.05, 0.1) is 29.6 Å². The minimum Gasteiger partial charge on any atom is -0.353 e. The number of alkyl halides is 3. The molecule has 1 fully saturated rings. The van der Waals surface area contributed by atoms with Gasteiger partial charge >= 0.3 is 6.18 Å². The summed E-state index contributed by atoms with van der Waals surface area (Å²) in [7, 11) is 0. The SMILES string of the molecule is Cc1c(C(=O)N2CCN(CC(=O)NC(C)C)CC2)cnn1-c1ccc(C(F)(F)F)cn1. The third-order valence-electron chi connectivity index (χ3n) is 5.01. The van der Waals surface area contributed by atoms with Gasteiger partial charge in [0, 0.05) is 38.4 Å². The predicted octanol–water partition coefficient (Wildman–Crippen LogP) is 1.88. The highest BCUT2D eigenvalue weighted by Gasteiger charge is 2.31. The molecule has 168 valence electrons. The molecule has 3 heterocycles. The van der Waals surface area contributed by atoms with Crippen molar-refractivity contribution in [3.05, 3.63) is 41.3 Å². The van der Waals surface area contributed by atoms with Crippen LogP contribution in [0.25, 0.3) is 5.82 Å². The van der Waals surface area contributed by atoms with Gasteiger partial charge in [-0.15, -0.1) is 0 Å². The Morgan fingerprint density at radius 3 is 2.35 bits per heavy atom. The van der Waals surface area contributed by atoms with E-state index in [1.54, 1.807) is 11.8 Å². The monoisotopic (exact) mass is 438 g/mol. The molecule has 0 aliphatic carbocycles. The van der Waals surface area contributed by atoms with Crippen molar-refractivity contribution in [3.8, 4) is 5.82 Å². The molecule has 1 aliphatic heterocycles. The van der Waals surface area contributed by atoms with Crippen LogP contribution in [0, 0.1) is 6.92 Å². The largest absolute Gasteiger partial charge is 0.417 e. The summed E-state index contributed by atoms with van der Waals surface area (Å²) in [6, 6.07) is 2.23. The molecule has 0 aromatic carbocycles. The number of carbonyl (C=O) groups excluding carboxylic acids is 2. The zero-order chi connectivity index (χ0) is 22.8. The fourth-order valence-corrected chi connectivity index (χ4v) is 3.38. The van der Waals surface area contributed by atoms with E-state index < -0.39 is 11.7 Å². The molecule has 1 saturated heterocycles. The summed E-state index contributed by atoms with van der Waals surface area (Å²) in [5, 5.41) is 6.98. The lowest BCUT2D eigenvalue weighted by Gasteiger charge is -2.34. The Hall–Kier alpha value is -2.95. The lowest BCUT2D eigenvalue weighted by Crippen LogP contribution is -2.51. The van der Waals surface area contributed by atoms with Gasteiger partial charge in [0.25, 0.3) is 5.91 Å². The number of pyridine rings is 1. The van der Waals surface area contributed by atoms with Gasteiger partial charge in [0.15, 0.2) is 5.82 Å². The molecular weight excluding hydrogens is 413 g/mol. The van der Waals surface area contributed by atoms with Gasteiger partial charge in [0.2, 0.25) is 5.91 Å². The lowest BCUT2D eigenvalue weighted by molar-refractivity contribution is -0.137. The molecule has 0 radical (unpaired) electrons. The first-order chi connectivity index (χ1) is 14.6. The van der Waals surface area contributed by atoms with Crippen molar-refractivity contribution < 1.29 is 22.8 Å². The van der Waals surface area contributed by atoms with Crippen LogP contribution in [0.2, 0.25) is 0 Å². The van der Waals surface area contributed by atoms with E-state index in [0.717, 1.165) is 12.3 Å². The Kier molecular flexibility index (Phi) is 6.63. The van der Waals surface area contributed by atoms with Crippen molar-refractivity contribution in [2.24, 2.45) is 0 Å². The average Bonchev–Trinajstić information content (AvgIpc) is 3.08. The van der Waals surface area contributed by atoms with E-state index in [1.165, 1.54) is 16.9 Å². The van der Waals surface area contributed by atoms with Crippen molar-refractivity contribution in [1.29, 1.82) is 0 Å². The number of halogens is 3. The molecule has 1 aliphatic rings. The fourth-order valence-electron chi connectivity index (χ4n) is 3.38.